The molecule has 0 radical (unpaired) electrons. The number of carbonyl (C=O) groups is 1. The Morgan fingerprint density at radius 2 is 1.54 bits per heavy atom. The molecule has 0 spiro atoms. The van der Waals surface area contributed by atoms with Crippen LogP contribution < -0.4 is 4.90 Å². The zero-order valence-corrected chi connectivity index (χ0v) is 15.6. The molecule has 1 aromatic rings. The Kier molecular flexibility index (Phi) is 10.7. The summed E-state index contributed by atoms with van der Waals surface area (Å²) >= 11 is 0. The van der Waals surface area contributed by atoms with Crippen molar-refractivity contribution in [1.29, 1.82) is 0 Å². The van der Waals surface area contributed by atoms with E-state index >= 15 is 0 Å². The molecule has 0 aliphatic rings. The Labute approximate surface area is 147 Å². The Morgan fingerprint density at radius 3 is 2.12 bits per heavy atom. The minimum Gasteiger partial charge on any atom is -0.463 e. The summed E-state index contributed by atoms with van der Waals surface area (Å²) in [5.74, 6) is -0.255. The number of anilines is 1. The van der Waals surface area contributed by atoms with E-state index in [4.69, 9.17) is 4.74 Å². The van der Waals surface area contributed by atoms with Gasteiger partial charge in [-0.05, 0) is 30.2 Å². The lowest BCUT2D eigenvalue weighted by Crippen LogP contribution is -2.07. The third-order valence-corrected chi connectivity index (χ3v) is 4.06. The number of carbonyl (C=O) groups excluding carboxylic acids is 1. The fraction of sp³-hybridized carbons (Fsp3) is 0.571. The van der Waals surface area contributed by atoms with Crippen LogP contribution in [0.2, 0.25) is 0 Å². The van der Waals surface area contributed by atoms with Gasteiger partial charge in [-0.1, -0.05) is 64.0 Å². The highest BCUT2D eigenvalue weighted by atomic mass is 16.5. The molecule has 3 nitrogen and oxygen atoms in total. The number of hydrogen-bond donors (Lipinski definition) is 0. The highest BCUT2D eigenvalue weighted by Gasteiger charge is 1.98. The van der Waals surface area contributed by atoms with Crippen molar-refractivity contribution in [3.8, 4) is 0 Å². The summed E-state index contributed by atoms with van der Waals surface area (Å²) in [5, 5.41) is 0. The van der Waals surface area contributed by atoms with Gasteiger partial charge in [-0.2, -0.15) is 0 Å². The summed E-state index contributed by atoms with van der Waals surface area (Å²) in [6.07, 6.45) is 13.3. The van der Waals surface area contributed by atoms with Crippen molar-refractivity contribution in [2.75, 3.05) is 25.6 Å². The molecule has 0 aliphatic carbocycles. The van der Waals surface area contributed by atoms with Crippen molar-refractivity contribution in [2.45, 2.75) is 58.3 Å². The van der Waals surface area contributed by atoms with Crippen LogP contribution in [0.15, 0.2) is 30.3 Å². The lowest BCUT2D eigenvalue weighted by atomic mass is 10.1. The second kappa shape index (κ2) is 12.6. The summed E-state index contributed by atoms with van der Waals surface area (Å²) in [6, 6.07) is 8.06. The highest BCUT2D eigenvalue weighted by molar-refractivity contribution is 5.87. The Balaban J connectivity index is 2.11. The predicted molar refractivity (Wildman–Crippen MR) is 103 cm³/mol. The monoisotopic (exact) mass is 331 g/mol. The summed E-state index contributed by atoms with van der Waals surface area (Å²) in [7, 11) is 4.01. The zero-order valence-electron chi connectivity index (χ0n) is 15.6. The van der Waals surface area contributed by atoms with Crippen molar-refractivity contribution in [3.05, 3.63) is 35.9 Å². The molecule has 0 saturated heterocycles. The average molecular weight is 332 g/mol. The Bertz CT molecular complexity index is 477. The molecule has 24 heavy (non-hydrogen) atoms. The van der Waals surface area contributed by atoms with Gasteiger partial charge < -0.3 is 9.64 Å². The van der Waals surface area contributed by atoms with Crippen LogP contribution in [0.1, 0.15) is 63.9 Å². The van der Waals surface area contributed by atoms with Crippen LogP contribution in [0, 0.1) is 0 Å². The van der Waals surface area contributed by atoms with Gasteiger partial charge >= 0.3 is 5.97 Å². The first-order chi connectivity index (χ1) is 11.6. The van der Waals surface area contributed by atoms with Gasteiger partial charge in [0.1, 0.15) is 0 Å². The lowest BCUT2D eigenvalue weighted by Gasteiger charge is -2.11. The van der Waals surface area contributed by atoms with Gasteiger partial charge in [-0.15, -0.1) is 0 Å². The molecule has 0 atom stereocenters. The first kappa shape index (κ1) is 20.3. The number of hydrogen-bond acceptors (Lipinski definition) is 3. The number of unbranched alkanes of at least 4 members (excludes halogenated alkanes) is 7. The van der Waals surface area contributed by atoms with Crippen LogP contribution in [0.4, 0.5) is 5.69 Å². The quantitative estimate of drug-likeness (QED) is 0.290. The van der Waals surface area contributed by atoms with Gasteiger partial charge in [0.05, 0.1) is 6.61 Å². The van der Waals surface area contributed by atoms with E-state index in [1.807, 2.05) is 43.3 Å². The van der Waals surface area contributed by atoms with Crippen molar-refractivity contribution in [2.24, 2.45) is 0 Å². The molecule has 134 valence electrons. The van der Waals surface area contributed by atoms with Crippen LogP contribution in [0.25, 0.3) is 6.08 Å². The molecule has 0 N–H and O–H groups in total. The van der Waals surface area contributed by atoms with E-state index in [2.05, 4.69) is 6.92 Å². The first-order valence-electron chi connectivity index (χ1n) is 9.25. The fourth-order valence-corrected chi connectivity index (χ4v) is 2.50. The number of benzene rings is 1. The summed E-state index contributed by atoms with van der Waals surface area (Å²) in [4.78, 5) is 13.7. The minimum absolute atomic E-state index is 0.255. The Morgan fingerprint density at radius 1 is 0.958 bits per heavy atom. The van der Waals surface area contributed by atoms with Crippen LogP contribution >= 0.6 is 0 Å². The second-order valence-corrected chi connectivity index (χ2v) is 6.46. The largest absolute Gasteiger partial charge is 0.463 e. The van der Waals surface area contributed by atoms with Crippen molar-refractivity contribution in [1.82, 2.24) is 0 Å². The summed E-state index contributed by atoms with van der Waals surface area (Å²) in [6.45, 7) is 2.76. The molecule has 0 amide bonds. The number of rotatable bonds is 12. The van der Waals surface area contributed by atoms with Gasteiger partial charge in [-0.3, -0.25) is 0 Å². The van der Waals surface area contributed by atoms with Crippen molar-refractivity contribution in [3.63, 3.8) is 0 Å². The molecule has 1 aromatic carbocycles. The van der Waals surface area contributed by atoms with Crippen molar-refractivity contribution < 1.29 is 9.53 Å². The summed E-state index contributed by atoms with van der Waals surface area (Å²) < 4.78 is 5.24. The molecule has 3 heteroatoms. The van der Waals surface area contributed by atoms with Crippen LogP contribution in [-0.4, -0.2) is 26.7 Å². The minimum atomic E-state index is -0.255. The van der Waals surface area contributed by atoms with Gasteiger partial charge in [-0.25, -0.2) is 4.79 Å². The Hall–Kier alpha value is -1.77. The van der Waals surface area contributed by atoms with E-state index in [0.717, 1.165) is 24.1 Å². The maximum Gasteiger partial charge on any atom is 0.330 e. The van der Waals surface area contributed by atoms with E-state index in [-0.39, 0.29) is 5.97 Å². The first-order valence-corrected chi connectivity index (χ1v) is 9.25. The molecular formula is C21H33NO2. The van der Waals surface area contributed by atoms with E-state index in [9.17, 15) is 4.79 Å². The third-order valence-electron chi connectivity index (χ3n) is 4.06. The predicted octanol–water partition coefficient (Wildman–Crippen LogP) is 5.45. The van der Waals surface area contributed by atoms with Gasteiger partial charge in [0.2, 0.25) is 0 Å². The molecule has 0 saturated carbocycles. The molecule has 0 bridgehead atoms. The smallest absolute Gasteiger partial charge is 0.330 e. The maximum atomic E-state index is 11.7. The van der Waals surface area contributed by atoms with Crippen molar-refractivity contribution >= 4 is 17.7 Å². The molecule has 0 aliphatic heterocycles. The molecule has 1 rings (SSSR count). The van der Waals surface area contributed by atoms with Crippen LogP contribution in [0.3, 0.4) is 0 Å². The van der Waals surface area contributed by atoms with E-state index in [0.29, 0.717) is 6.61 Å². The normalized spacial score (nSPS) is 11.0. The van der Waals surface area contributed by atoms with Gasteiger partial charge in [0.25, 0.3) is 0 Å². The summed E-state index contributed by atoms with van der Waals surface area (Å²) in [5.41, 5.74) is 2.15. The molecule has 0 heterocycles. The fourth-order valence-electron chi connectivity index (χ4n) is 2.50. The number of nitrogens with zero attached hydrogens (tertiary/aromatic N) is 1. The zero-order chi connectivity index (χ0) is 17.6. The van der Waals surface area contributed by atoms with Gasteiger partial charge in [0, 0.05) is 25.9 Å². The molecule has 0 fully saturated rings. The van der Waals surface area contributed by atoms with Crippen LogP contribution in [-0.2, 0) is 9.53 Å². The second-order valence-electron chi connectivity index (χ2n) is 6.46. The van der Waals surface area contributed by atoms with E-state index in [1.54, 1.807) is 6.08 Å². The topological polar surface area (TPSA) is 29.5 Å². The van der Waals surface area contributed by atoms with Crippen LogP contribution in [0.5, 0.6) is 0 Å². The highest BCUT2D eigenvalue weighted by Crippen LogP contribution is 2.13. The molecule has 0 unspecified atom stereocenters. The van der Waals surface area contributed by atoms with E-state index < -0.39 is 0 Å². The lowest BCUT2D eigenvalue weighted by molar-refractivity contribution is -0.137. The standard InChI is InChI=1S/C21H33NO2/c1-4-5-6-7-8-9-10-11-18-24-21(23)17-14-19-12-15-20(16-13-19)22(2)3/h12-17H,4-11,18H2,1-3H3/b17-14+. The SMILES string of the molecule is CCCCCCCCCCOC(=O)/C=C/c1ccc(N(C)C)cc1. The third kappa shape index (κ3) is 9.39. The number of esters is 1. The molecular weight excluding hydrogens is 298 g/mol. The number of ether oxygens (including phenoxy) is 1. The van der Waals surface area contributed by atoms with Gasteiger partial charge in [0.15, 0.2) is 0 Å². The maximum absolute atomic E-state index is 11.7. The van der Waals surface area contributed by atoms with E-state index in [1.165, 1.54) is 44.6 Å². The molecule has 0 aromatic heterocycles. The average Bonchev–Trinajstić information content (AvgIpc) is 2.59.